The molecule has 3 heterocycles. The van der Waals surface area contributed by atoms with Gasteiger partial charge in [-0.25, -0.2) is 15.0 Å². The van der Waals surface area contributed by atoms with Crippen LogP contribution in [0.2, 0.25) is 0 Å². The standard InChI is InChI=1S/C21H21N7.2ClH/c22-6-8-25-19-4-3-16(13-26-19)18-10-17(15-1-2-15)11-21(27-18)28-20-9-14(12-23)5-7-24-20;;/h3-5,7,9-11,13,15H,1-2,6,8,22H2,(H,25,26)(H,24,27,28);2*1H. The van der Waals surface area contributed by atoms with Crippen molar-refractivity contribution in [1.29, 1.82) is 5.26 Å². The van der Waals surface area contributed by atoms with Crippen LogP contribution in [-0.4, -0.2) is 28.0 Å². The number of anilines is 3. The van der Waals surface area contributed by atoms with E-state index in [1.807, 2.05) is 18.3 Å². The highest BCUT2D eigenvalue weighted by molar-refractivity contribution is 5.85. The van der Waals surface area contributed by atoms with Gasteiger partial charge in [0.15, 0.2) is 0 Å². The van der Waals surface area contributed by atoms with Crippen molar-refractivity contribution in [3.8, 4) is 17.3 Å². The summed E-state index contributed by atoms with van der Waals surface area (Å²) in [5, 5.41) is 15.5. The first-order valence-electron chi connectivity index (χ1n) is 9.30. The summed E-state index contributed by atoms with van der Waals surface area (Å²) < 4.78 is 0. The highest BCUT2D eigenvalue weighted by Gasteiger charge is 2.25. The number of hydrogen-bond acceptors (Lipinski definition) is 7. The zero-order valence-electron chi connectivity index (χ0n) is 16.2. The largest absolute Gasteiger partial charge is 0.369 e. The molecule has 0 radical (unpaired) electrons. The first kappa shape index (κ1) is 23.4. The van der Waals surface area contributed by atoms with Gasteiger partial charge in [-0.3, -0.25) is 0 Å². The van der Waals surface area contributed by atoms with Crippen molar-refractivity contribution >= 4 is 42.3 Å². The van der Waals surface area contributed by atoms with Gasteiger partial charge in [-0.05, 0) is 60.7 Å². The predicted molar refractivity (Wildman–Crippen MR) is 124 cm³/mol. The van der Waals surface area contributed by atoms with Gasteiger partial charge in [0.25, 0.3) is 0 Å². The van der Waals surface area contributed by atoms with Crippen molar-refractivity contribution in [1.82, 2.24) is 15.0 Å². The lowest BCUT2D eigenvalue weighted by molar-refractivity contribution is 1.01. The SMILES string of the molecule is Cl.Cl.N#Cc1ccnc(Nc2cc(C3CC3)cc(-c3ccc(NCCN)nc3)n2)c1. The Bertz CT molecular complexity index is 1010. The lowest BCUT2D eigenvalue weighted by atomic mass is 10.1. The molecule has 3 aromatic rings. The number of pyridine rings is 3. The van der Waals surface area contributed by atoms with Gasteiger partial charge < -0.3 is 16.4 Å². The molecule has 0 unspecified atom stereocenters. The van der Waals surface area contributed by atoms with E-state index in [0.717, 1.165) is 17.1 Å². The van der Waals surface area contributed by atoms with Crippen molar-refractivity contribution in [3.63, 3.8) is 0 Å². The van der Waals surface area contributed by atoms with E-state index in [2.05, 4.69) is 38.8 Å². The molecule has 30 heavy (non-hydrogen) atoms. The van der Waals surface area contributed by atoms with Crippen molar-refractivity contribution in [3.05, 3.63) is 59.9 Å². The van der Waals surface area contributed by atoms with Gasteiger partial charge in [0.2, 0.25) is 0 Å². The molecule has 0 atom stereocenters. The zero-order valence-corrected chi connectivity index (χ0v) is 17.8. The number of aromatic nitrogens is 3. The van der Waals surface area contributed by atoms with Crippen LogP contribution in [0.4, 0.5) is 17.5 Å². The lowest BCUT2D eigenvalue weighted by Crippen LogP contribution is -2.13. The molecule has 0 aliphatic heterocycles. The van der Waals surface area contributed by atoms with Gasteiger partial charge in [0, 0.05) is 31.0 Å². The summed E-state index contributed by atoms with van der Waals surface area (Å²) >= 11 is 0. The molecule has 1 aliphatic rings. The van der Waals surface area contributed by atoms with E-state index in [1.54, 1.807) is 18.3 Å². The van der Waals surface area contributed by atoms with E-state index in [4.69, 9.17) is 16.0 Å². The molecule has 7 nitrogen and oxygen atoms in total. The molecule has 0 aromatic carbocycles. The maximum Gasteiger partial charge on any atom is 0.132 e. The van der Waals surface area contributed by atoms with Crippen LogP contribution in [0.1, 0.15) is 29.9 Å². The highest BCUT2D eigenvalue weighted by atomic mass is 35.5. The van der Waals surface area contributed by atoms with E-state index in [0.29, 0.717) is 36.2 Å². The Labute approximate surface area is 188 Å². The van der Waals surface area contributed by atoms with E-state index in [1.165, 1.54) is 18.4 Å². The first-order valence-corrected chi connectivity index (χ1v) is 9.30. The number of rotatable bonds is 7. The van der Waals surface area contributed by atoms with E-state index in [9.17, 15) is 0 Å². The number of halogens is 2. The molecule has 0 bridgehead atoms. The molecule has 9 heteroatoms. The van der Waals surface area contributed by atoms with Crippen LogP contribution in [0.3, 0.4) is 0 Å². The molecule has 3 aromatic heterocycles. The second-order valence-corrected chi connectivity index (χ2v) is 6.76. The fourth-order valence-corrected chi connectivity index (χ4v) is 2.97. The molecule has 4 N–H and O–H groups in total. The van der Waals surface area contributed by atoms with E-state index >= 15 is 0 Å². The predicted octanol–water partition coefficient (Wildman–Crippen LogP) is 4.25. The zero-order chi connectivity index (χ0) is 19.3. The number of nitrogens with two attached hydrogens (primary N) is 1. The third-order valence-corrected chi connectivity index (χ3v) is 4.55. The van der Waals surface area contributed by atoms with Gasteiger partial charge in [-0.1, -0.05) is 0 Å². The minimum atomic E-state index is 0. The summed E-state index contributed by atoms with van der Waals surface area (Å²) in [6, 6.07) is 13.6. The Balaban J connectivity index is 0.00000160. The molecule has 0 amide bonds. The number of nitrogens with one attached hydrogen (secondary N) is 2. The van der Waals surface area contributed by atoms with Crippen LogP contribution in [-0.2, 0) is 0 Å². The second-order valence-electron chi connectivity index (χ2n) is 6.76. The van der Waals surface area contributed by atoms with Gasteiger partial charge >= 0.3 is 0 Å². The van der Waals surface area contributed by atoms with Gasteiger partial charge in [0.1, 0.15) is 17.5 Å². The van der Waals surface area contributed by atoms with Crippen molar-refractivity contribution in [2.45, 2.75) is 18.8 Å². The Morgan fingerprint density at radius 2 is 1.87 bits per heavy atom. The second kappa shape index (κ2) is 10.7. The molecule has 1 fully saturated rings. The normalized spacial score (nSPS) is 12.1. The highest BCUT2D eigenvalue weighted by Crippen LogP contribution is 2.42. The number of nitriles is 1. The summed E-state index contributed by atoms with van der Waals surface area (Å²) in [5.41, 5.74) is 9.14. The van der Waals surface area contributed by atoms with Gasteiger partial charge in [-0.2, -0.15) is 5.26 Å². The van der Waals surface area contributed by atoms with Crippen LogP contribution >= 0.6 is 24.8 Å². The van der Waals surface area contributed by atoms with E-state index in [-0.39, 0.29) is 24.8 Å². The lowest BCUT2D eigenvalue weighted by Gasteiger charge is -2.11. The van der Waals surface area contributed by atoms with E-state index < -0.39 is 0 Å². The smallest absolute Gasteiger partial charge is 0.132 e. The van der Waals surface area contributed by atoms with Gasteiger partial charge in [0.05, 0.1) is 17.3 Å². The van der Waals surface area contributed by atoms with Crippen molar-refractivity contribution < 1.29 is 0 Å². The topological polar surface area (TPSA) is 113 Å². The average molecular weight is 444 g/mol. The fraction of sp³-hybridized carbons (Fsp3) is 0.238. The summed E-state index contributed by atoms with van der Waals surface area (Å²) in [6.07, 6.45) is 5.83. The van der Waals surface area contributed by atoms with Crippen LogP contribution in [0.25, 0.3) is 11.3 Å². The summed E-state index contributed by atoms with van der Waals surface area (Å²) in [5.74, 6) is 2.69. The maximum atomic E-state index is 9.08. The van der Waals surface area contributed by atoms with Crippen LogP contribution < -0.4 is 16.4 Å². The molecular weight excluding hydrogens is 421 g/mol. The summed E-state index contributed by atoms with van der Waals surface area (Å²) in [7, 11) is 0. The summed E-state index contributed by atoms with van der Waals surface area (Å²) in [6.45, 7) is 1.25. The third-order valence-electron chi connectivity index (χ3n) is 4.55. The quantitative estimate of drug-likeness (QED) is 0.500. The Morgan fingerprint density at radius 3 is 2.53 bits per heavy atom. The molecular formula is C21H23Cl2N7. The average Bonchev–Trinajstić information content (AvgIpc) is 3.58. The Hall–Kier alpha value is -2.92. The molecule has 1 aliphatic carbocycles. The van der Waals surface area contributed by atoms with Gasteiger partial charge in [-0.15, -0.1) is 24.8 Å². The first-order chi connectivity index (χ1) is 13.7. The van der Waals surface area contributed by atoms with Crippen LogP contribution in [0.5, 0.6) is 0 Å². The molecule has 4 rings (SSSR count). The summed E-state index contributed by atoms with van der Waals surface area (Å²) in [4.78, 5) is 13.5. The monoisotopic (exact) mass is 443 g/mol. The maximum absolute atomic E-state index is 9.08. The molecule has 1 saturated carbocycles. The van der Waals surface area contributed by atoms with Crippen molar-refractivity contribution in [2.24, 2.45) is 5.73 Å². The van der Waals surface area contributed by atoms with Crippen molar-refractivity contribution in [2.75, 3.05) is 23.7 Å². The number of nitrogens with zero attached hydrogens (tertiary/aromatic N) is 4. The number of hydrogen-bond donors (Lipinski definition) is 3. The fourth-order valence-electron chi connectivity index (χ4n) is 2.97. The minimum Gasteiger partial charge on any atom is -0.369 e. The molecule has 156 valence electrons. The molecule has 0 saturated heterocycles. The third kappa shape index (κ3) is 5.80. The Kier molecular flexibility index (Phi) is 8.36. The van der Waals surface area contributed by atoms with Crippen LogP contribution in [0, 0.1) is 11.3 Å². The Morgan fingerprint density at radius 1 is 1.03 bits per heavy atom. The minimum absolute atomic E-state index is 0. The van der Waals surface area contributed by atoms with Crippen LogP contribution in [0.15, 0.2) is 48.8 Å². The molecule has 0 spiro atoms.